The Morgan fingerprint density at radius 3 is 2.52 bits per heavy atom. The first-order chi connectivity index (χ1) is 12.1. The van der Waals surface area contributed by atoms with Crippen molar-refractivity contribution in [2.75, 3.05) is 19.0 Å². The molecule has 0 aliphatic heterocycles. The fraction of sp³-hybridized carbons (Fsp3) is 0.526. The standard InChI is InChI=1S/C19H28N3O3/c1-25-16-10-8-15(9-11-16)21-13-17(19(20)24)22-18(23)12-7-14-5-3-2-4-6-14/h8-12,14,17,21H,2-7,13H2,1H3,(H2,20,24)(H,22,23). The molecule has 137 valence electrons. The van der Waals surface area contributed by atoms with Crippen molar-refractivity contribution in [1.82, 2.24) is 5.32 Å². The SMILES string of the molecule is COc1ccc(NCC(NC(=O)[CH]CC2CCCCC2)C(N)=O)cc1. The van der Waals surface area contributed by atoms with Crippen molar-refractivity contribution in [2.24, 2.45) is 11.7 Å². The van der Waals surface area contributed by atoms with Crippen LogP contribution in [-0.2, 0) is 9.59 Å². The summed E-state index contributed by atoms with van der Waals surface area (Å²) in [5.41, 5.74) is 6.23. The maximum Gasteiger partial charge on any atom is 0.241 e. The molecule has 1 unspecified atom stereocenters. The molecule has 1 atom stereocenters. The van der Waals surface area contributed by atoms with E-state index in [9.17, 15) is 9.59 Å². The van der Waals surface area contributed by atoms with Gasteiger partial charge in [0.1, 0.15) is 11.8 Å². The van der Waals surface area contributed by atoms with Crippen LogP contribution in [0.25, 0.3) is 0 Å². The lowest BCUT2D eigenvalue weighted by atomic mass is 9.86. The number of nitrogens with one attached hydrogen (secondary N) is 2. The predicted molar refractivity (Wildman–Crippen MR) is 98.1 cm³/mol. The van der Waals surface area contributed by atoms with Gasteiger partial charge in [-0.2, -0.15) is 0 Å². The van der Waals surface area contributed by atoms with Crippen LogP contribution in [-0.4, -0.2) is 31.5 Å². The van der Waals surface area contributed by atoms with Gasteiger partial charge in [0, 0.05) is 18.7 Å². The van der Waals surface area contributed by atoms with Crippen molar-refractivity contribution < 1.29 is 14.3 Å². The van der Waals surface area contributed by atoms with E-state index in [0.29, 0.717) is 5.92 Å². The highest BCUT2D eigenvalue weighted by Gasteiger charge is 2.20. The summed E-state index contributed by atoms with van der Waals surface area (Å²) >= 11 is 0. The third-order valence-corrected chi connectivity index (χ3v) is 4.62. The second kappa shape index (κ2) is 9.91. The molecule has 6 heteroatoms. The van der Waals surface area contributed by atoms with Gasteiger partial charge >= 0.3 is 0 Å². The highest BCUT2D eigenvalue weighted by molar-refractivity contribution is 5.90. The van der Waals surface area contributed by atoms with E-state index in [1.807, 2.05) is 24.3 Å². The van der Waals surface area contributed by atoms with Crippen LogP contribution >= 0.6 is 0 Å². The summed E-state index contributed by atoms with van der Waals surface area (Å²) in [5, 5.41) is 5.80. The van der Waals surface area contributed by atoms with Crippen LogP contribution in [0.5, 0.6) is 5.75 Å². The van der Waals surface area contributed by atoms with Crippen LogP contribution in [0.1, 0.15) is 38.5 Å². The summed E-state index contributed by atoms with van der Waals surface area (Å²) in [4.78, 5) is 23.7. The Balaban J connectivity index is 1.76. The number of benzene rings is 1. The van der Waals surface area contributed by atoms with Crippen LogP contribution in [0.4, 0.5) is 5.69 Å². The fourth-order valence-electron chi connectivity index (χ4n) is 3.08. The smallest absolute Gasteiger partial charge is 0.241 e. The van der Waals surface area contributed by atoms with E-state index in [-0.39, 0.29) is 12.5 Å². The molecule has 1 fully saturated rings. The first-order valence-corrected chi connectivity index (χ1v) is 8.89. The minimum Gasteiger partial charge on any atom is -0.497 e. The molecular formula is C19H28N3O3. The average molecular weight is 346 g/mol. The predicted octanol–water partition coefficient (Wildman–Crippen LogP) is 2.25. The number of carbonyl (C=O) groups is 2. The van der Waals surface area contributed by atoms with E-state index >= 15 is 0 Å². The van der Waals surface area contributed by atoms with Crippen molar-refractivity contribution in [1.29, 1.82) is 0 Å². The number of rotatable bonds is 9. The molecule has 0 heterocycles. The number of amides is 2. The molecule has 2 rings (SSSR count). The normalized spacial score (nSPS) is 16.0. The minimum atomic E-state index is -0.753. The molecule has 1 aliphatic rings. The van der Waals surface area contributed by atoms with Crippen LogP contribution < -0.4 is 21.1 Å². The van der Waals surface area contributed by atoms with E-state index in [4.69, 9.17) is 10.5 Å². The van der Waals surface area contributed by atoms with Crippen LogP contribution in [0.15, 0.2) is 24.3 Å². The zero-order chi connectivity index (χ0) is 18.1. The molecule has 2 amide bonds. The molecule has 1 aromatic carbocycles. The molecule has 0 aromatic heterocycles. The Bertz CT molecular complexity index is 554. The minimum absolute atomic E-state index is 0.231. The van der Waals surface area contributed by atoms with E-state index in [2.05, 4.69) is 10.6 Å². The van der Waals surface area contributed by atoms with Gasteiger partial charge in [-0.05, 0) is 36.6 Å². The second-order valence-electron chi connectivity index (χ2n) is 6.52. The average Bonchev–Trinajstić information content (AvgIpc) is 2.64. The number of hydrogen-bond acceptors (Lipinski definition) is 4. The molecule has 1 radical (unpaired) electrons. The number of ether oxygens (including phenoxy) is 1. The summed E-state index contributed by atoms with van der Waals surface area (Å²) in [5.74, 6) is 0.554. The van der Waals surface area contributed by atoms with Gasteiger partial charge in [0.15, 0.2) is 0 Å². The van der Waals surface area contributed by atoms with E-state index in [1.54, 1.807) is 13.5 Å². The zero-order valence-electron chi connectivity index (χ0n) is 14.8. The van der Waals surface area contributed by atoms with E-state index < -0.39 is 11.9 Å². The number of nitrogens with two attached hydrogens (primary N) is 1. The molecule has 1 saturated carbocycles. The fourth-order valence-corrected chi connectivity index (χ4v) is 3.08. The number of primary amides is 1. The van der Waals surface area contributed by atoms with Gasteiger partial charge in [0.2, 0.25) is 11.8 Å². The number of hydrogen-bond donors (Lipinski definition) is 3. The van der Waals surface area contributed by atoms with Gasteiger partial charge in [-0.15, -0.1) is 0 Å². The van der Waals surface area contributed by atoms with Crippen molar-refractivity contribution in [2.45, 2.75) is 44.6 Å². The summed E-state index contributed by atoms with van der Waals surface area (Å²) in [6.07, 6.45) is 8.57. The molecule has 4 N–H and O–H groups in total. The lowest BCUT2D eigenvalue weighted by Crippen LogP contribution is -2.48. The quantitative estimate of drug-likeness (QED) is 0.639. The van der Waals surface area contributed by atoms with Gasteiger partial charge < -0.3 is 21.1 Å². The molecule has 0 bridgehead atoms. The Labute approximate surface area is 149 Å². The lowest BCUT2D eigenvalue weighted by molar-refractivity contribution is -0.125. The summed E-state index contributed by atoms with van der Waals surface area (Å²) in [7, 11) is 1.60. The number of anilines is 1. The summed E-state index contributed by atoms with van der Waals surface area (Å²) < 4.78 is 5.10. The zero-order valence-corrected chi connectivity index (χ0v) is 14.8. The molecule has 0 saturated heterocycles. The van der Waals surface area contributed by atoms with Crippen LogP contribution in [0, 0.1) is 12.3 Å². The lowest BCUT2D eigenvalue weighted by Gasteiger charge is -2.21. The van der Waals surface area contributed by atoms with Crippen molar-refractivity contribution >= 4 is 17.5 Å². The molecular weight excluding hydrogens is 318 g/mol. The highest BCUT2D eigenvalue weighted by Crippen LogP contribution is 2.26. The topological polar surface area (TPSA) is 93.4 Å². The van der Waals surface area contributed by atoms with Gasteiger partial charge in [-0.3, -0.25) is 9.59 Å². The monoisotopic (exact) mass is 346 g/mol. The van der Waals surface area contributed by atoms with Gasteiger partial charge in [-0.1, -0.05) is 32.1 Å². The van der Waals surface area contributed by atoms with Crippen LogP contribution in [0.3, 0.4) is 0 Å². The molecule has 6 nitrogen and oxygen atoms in total. The highest BCUT2D eigenvalue weighted by atomic mass is 16.5. The van der Waals surface area contributed by atoms with Crippen LogP contribution in [0.2, 0.25) is 0 Å². The Morgan fingerprint density at radius 2 is 1.92 bits per heavy atom. The third kappa shape index (κ3) is 6.64. The number of methoxy groups -OCH3 is 1. The van der Waals surface area contributed by atoms with E-state index in [1.165, 1.54) is 32.1 Å². The van der Waals surface area contributed by atoms with Crippen molar-refractivity contribution in [3.8, 4) is 5.75 Å². The first kappa shape index (κ1) is 19.1. The first-order valence-electron chi connectivity index (χ1n) is 8.89. The maximum absolute atomic E-state index is 12.1. The van der Waals surface area contributed by atoms with E-state index in [0.717, 1.165) is 17.9 Å². The Hall–Kier alpha value is -2.24. The molecule has 1 aliphatic carbocycles. The number of carbonyl (C=O) groups excluding carboxylic acids is 2. The van der Waals surface area contributed by atoms with Gasteiger partial charge in [0.25, 0.3) is 0 Å². The maximum atomic E-state index is 12.1. The summed E-state index contributed by atoms with van der Waals surface area (Å²) in [6, 6.07) is 6.56. The Morgan fingerprint density at radius 1 is 1.24 bits per heavy atom. The van der Waals surface area contributed by atoms with Gasteiger partial charge in [0.05, 0.1) is 7.11 Å². The largest absolute Gasteiger partial charge is 0.497 e. The molecule has 0 spiro atoms. The summed E-state index contributed by atoms with van der Waals surface area (Å²) in [6.45, 7) is 0.241. The van der Waals surface area contributed by atoms with Crippen molar-refractivity contribution in [3.63, 3.8) is 0 Å². The molecule has 1 aromatic rings. The Kier molecular flexibility index (Phi) is 7.57. The van der Waals surface area contributed by atoms with Crippen molar-refractivity contribution in [3.05, 3.63) is 30.7 Å². The third-order valence-electron chi connectivity index (χ3n) is 4.62. The second-order valence-corrected chi connectivity index (χ2v) is 6.52. The van der Waals surface area contributed by atoms with Gasteiger partial charge in [-0.25, -0.2) is 0 Å². The molecule has 25 heavy (non-hydrogen) atoms.